The second kappa shape index (κ2) is 7.71. The highest BCUT2D eigenvalue weighted by Gasteiger charge is 2.18. The maximum atomic E-state index is 11.7. The first-order chi connectivity index (χ1) is 8.54. The zero-order chi connectivity index (χ0) is 13.5. The fraction of sp³-hybridized carbons (Fsp3) is 0.923. The summed E-state index contributed by atoms with van der Waals surface area (Å²) in [5, 5.41) is 2.92. The van der Waals surface area contributed by atoms with E-state index in [1.165, 1.54) is 0 Å². The third kappa shape index (κ3) is 4.92. The van der Waals surface area contributed by atoms with Gasteiger partial charge in [0.15, 0.2) is 0 Å². The van der Waals surface area contributed by atoms with Crippen molar-refractivity contribution >= 4 is 5.91 Å². The van der Waals surface area contributed by atoms with Crippen LogP contribution < -0.4 is 11.1 Å². The van der Waals surface area contributed by atoms with E-state index in [0.29, 0.717) is 6.54 Å². The highest BCUT2D eigenvalue weighted by molar-refractivity contribution is 5.81. The van der Waals surface area contributed by atoms with Gasteiger partial charge in [-0.05, 0) is 12.5 Å². The molecular formula is C13H28N4O. The second-order valence-corrected chi connectivity index (χ2v) is 5.34. The van der Waals surface area contributed by atoms with Gasteiger partial charge in [0, 0.05) is 39.3 Å². The maximum Gasteiger partial charge on any atom is 0.237 e. The van der Waals surface area contributed by atoms with Crippen LogP contribution >= 0.6 is 0 Å². The van der Waals surface area contributed by atoms with Gasteiger partial charge in [-0.2, -0.15) is 0 Å². The summed E-state index contributed by atoms with van der Waals surface area (Å²) in [6.07, 6.45) is 0. The number of rotatable bonds is 6. The van der Waals surface area contributed by atoms with Crippen LogP contribution in [-0.4, -0.2) is 67.6 Å². The lowest BCUT2D eigenvalue weighted by Crippen LogP contribution is -2.50. The molecule has 0 saturated carbocycles. The van der Waals surface area contributed by atoms with Gasteiger partial charge in [0.2, 0.25) is 5.91 Å². The molecule has 3 N–H and O–H groups in total. The Labute approximate surface area is 111 Å². The molecule has 1 amide bonds. The first-order valence-electron chi connectivity index (χ1n) is 7.02. The van der Waals surface area contributed by atoms with Crippen LogP contribution in [0.1, 0.15) is 20.8 Å². The Balaban J connectivity index is 2.13. The summed E-state index contributed by atoms with van der Waals surface area (Å²) in [5.74, 6) is 0.162. The molecule has 18 heavy (non-hydrogen) atoms. The van der Waals surface area contributed by atoms with Crippen LogP contribution in [0.5, 0.6) is 0 Å². The number of amides is 1. The summed E-state index contributed by atoms with van der Waals surface area (Å²) in [7, 11) is 0. The number of hydrogen-bond donors (Lipinski definition) is 2. The lowest BCUT2D eigenvalue weighted by Gasteiger charge is -2.34. The first-order valence-corrected chi connectivity index (χ1v) is 7.02. The summed E-state index contributed by atoms with van der Waals surface area (Å²) in [4.78, 5) is 16.5. The molecule has 0 aliphatic carbocycles. The molecule has 0 aromatic heterocycles. The van der Waals surface area contributed by atoms with Crippen LogP contribution in [0.4, 0.5) is 0 Å². The van der Waals surface area contributed by atoms with E-state index in [1.807, 2.05) is 13.8 Å². The van der Waals surface area contributed by atoms with Crippen LogP contribution in [0.15, 0.2) is 0 Å². The molecule has 0 radical (unpaired) electrons. The monoisotopic (exact) mass is 256 g/mol. The number of nitrogens with zero attached hydrogens (tertiary/aromatic N) is 2. The predicted molar refractivity (Wildman–Crippen MR) is 74.4 cm³/mol. The standard InChI is InChI=1S/C13H28N4O/c1-4-16-7-9-17(10-8-16)6-5-15-13(18)12(14)11(2)3/h11-12H,4-10,14H2,1-3H3,(H,15,18)/t12-/m0/s1. The minimum atomic E-state index is -0.387. The summed E-state index contributed by atoms with van der Waals surface area (Å²) in [6, 6.07) is -0.387. The normalized spacial score (nSPS) is 20.1. The average molecular weight is 256 g/mol. The lowest BCUT2D eigenvalue weighted by atomic mass is 10.1. The SMILES string of the molecule is CCN1CCN(CCNC(=O)[C@@H](N)C(C)C)CC1. The highest BCUT2D eigenvalue weighted by atomic mass is 16.2. The van der Waals surface area contributed by atoms with Crippen molar-refractivity contribution in [1.29, 1.82) is 0 Å². The molecule has 0 unspecified atom stereocenters. The Kier molecular flexibility index (Phi) is 6.60. The third-order valence-electron chi connectivity index (χ3n) is 3.66. The van der Waals surface area contributed by atoms with Gasteiger partial charge in [0.1, 0.15) is 0 Å². The molecule has 0 spiro atoms. The van der Waals surface area contributed by atoms with Crippen LogP contribution in [0.25, 0.3) is 0 Å². The number of carbonyl (C=O) groups is 1. The number of hydrogen-bond acceptors (Lipinski definition) is 4. The van der Waals surface area contributed by atoms with E-state index in [0.717, 1.165) is 39.3 Å². The van der Waals surface area contributed by atoms with E-state index in [9.17, 15) is 4.79 Å². The van der Waals surface area contributed by atoms with Crippen LogP contribution in [0, 0.1) is 5.92 Å². The molecule has 1 atom stereocenters. The van der Waals surface area contributed by atoms with E-state index in [2.05, 4.69) is 22.0 Å². The van der Waals surface area contributed by atoms with Crippen molar-refractivity contribution in [3.8, 4) is 0 Å². The van der Waals surface area contributed by atoms with Gasteiger partial charge in [-0.15, -0.1) is 0 Å². The van der Waals surface area contributed by atoms with Gasteiger partial charge in [0.25, 0.3) is 0 Å². The van der Waals surface area contributed by atoms with E-state index < -0.39 is 0 Å². The molecule has 0 aromatic carbocycles. The zero-order valence-corrected chi connectivity index (χ0v) is 12.0. The molecule has 0 aromatic rings. The topological polar surface area (TPSA) is 61.6 Å². The number of piperazine rings is 1. The quantitative estimate of drug-likeness (QED) is 0.686. The number of nitrogens with one attached hydrogen (secondary N) is 1. The van der Waals surface area contributed by atoms with Crippen molar-refractivity contribution in [2.45, 2.75) is 26.8 Å². The van der Waals surface area contributed by atoms with Gasteiger partial charge in [-0.3, -0.25) is 9.69 Å². The molecular weight excluding hydrogens is 228 g/mol. The molecule has 5 heteroatoms. The summed E-state index contributed by atoms with van der Waals surface area (Å²) in [5.41, 5.74) is 5.78. The molecule has 106 valence electrons. The summed E-state index contributed by atoms with van der Waals surface area (Å²) >= 11 is 0. The summed E-state index contributed by atoms with van der Waals surface area (Å²) < 4.78 is 0. The zero-order valence-electron chi connectivity index (χ0n) is 12.0. The molecule has 1 rings (SSSR count). The minimum absolute atomic E-state index is 0.0304. The van der Waals surface area contributed by atoms with E-state index >= 15 is 0 Å². The Morgan fingerprint density at radius 1 is 1.22 bits per heavy atom. The van der Waals surface area contributed by atoms with Crippen molar-refractivity contribution in [2.75, 3.05) is 45.8 Å². The molecule has 1 saturated heterocycles. The maximum absolute atomic E-state index is 11.7. The van der Waals surface area contributed by atoms with Gasteiger partial charge in [-0.25, -0.2) is 0 Å². The lowest BCUT2D eigenvalue weighted by molar-refractivity contribution is -0.123. The molecule has 0 bridgehead atoms. The Morgan fingerprint density at radius 2 is 1.78 bits per heavy atom. The van der Waals surface area contributed by atoms with Gasteiger partial charge < -0.3 is 16.0 Å². The van der Waals surface area contributed by atoms with Crippen molar-refractivity contribution in [2.24, 2.45) is 11.7 Å². The van der Waals surface area contributed by atoms with Crippen molar-refractivity contribution in [3.63, 3.8) is 0 Å². The first kappa shape index (κ1) is 15.4. The smallest absolute Gasteiger partial charge is 0.237 e. The van der Waals surface area contributed by atoms with E-state index in [1.54, 1.807) is 0 Å². The second-order valence-electron chi connectivity index (χ2n) is 5.34. The Hall–Kier alpha value is -0.650. The fourth-order valence-electron chi connectivity index (χ4n) is 2.09. The Morgan fingerprint density at radius 3 is 2.28 bits per heavy atom. The third-order valence-corrected chi connectivity index (χ3v) is 3.66. The number of likely N-dealkylation sites (N-methyl/N-ethyl adjacent to an activating group) is 1. The highest BCUT2D eigenvalue weighted by Crippen LogP contribution is 2.00. The number of nitrogens with two attached hydrogens (primary N) is 1. The molecule has 5 nitrogen and oxygen atoms in total. The minimum Gasteiger partial charge on any atom is -0.353 e. The van der Waals surface area contributed by atoms with Crippen LogP contribution in [0.3, 0.4) is 0 Å². The largest absolute Gasteiger partial charge is 0.353 e. The van der Waals surface area contributed by atoms with Gasteiger partial charge in [-0.1, -0.05) is 20.8 Å². The predicted octanol–water partition coefficient (Wildman–Crippen LogP) is -0.277. The van der Waals surface area contributed by atoms with E-state index in [4.69, 9.17) is 5.73 Å². The molecule has 1 aliphatic rings. The summed E-state index contributed by atoms with van der Waals surface area (Å²) in [6.45, 7) is 13.4. The molecule has 1 fully saturated rings. The average Bonchev–Trinajstić information content (AvgIpc) is 2.38. The fourth-order valence-corrected chi connectivity index (χ4v) is 2.09. The van der Waals surface area contributed by atoms with Gasteiger partial charge in [0.05, 0.1) is 6.04 Å². The van der Waals surface area contributed by atoms with Crippen LogP contribution in [-0.2, 0) is 4.79 Å². The molecule has 1 heterocycles. The van der Waals surface area contributed by atoms with Crippen molar-refractivity contribution in [1.82, 2.24) is 15.1 Å². The van der Waals surface area contributed by atoms with Crippen LogP contribution in [0.2, 0.25) is 0 Å². The number of carbonyl (C=O) groups excluding carboxylic acids is 1. The Bertz CT molecular complexity index is 249. The van der Waals surface area contributed by atoms with E-state index in [-0.39, 0.29) is 17.9 Å². The van der Waals surface area contributed by atoms with Gasteiger partial charge >= 0.3 is 0 Å². The van der Waals surface area contributed by atoms with Crippen molar-refractivity contribution in [3.05, 3.63) is 0 Å². The molecule has 1 aliphatic heterocycles. The van der Waals surface area contributed by atoms with Crippen molar-refractivity contribution < 1.29 is 4.79 Å².